The molecule has 1 aliphatic rings. The van der Waals surface area contributed by atoms with Crippen molar-refractivity contribution in [2.45, 2.75) is 4.90 Å². The van der Waals surface area contributed by atoms with Gasteiger partial charge in [0.1, 0.15) is 4.88 Å². The summed E-state index contributed by atoms with van der Waals surface area (Å²) in [5.41, 5.74) is 0.586. The number of Topliss-reactive ketones (excluding diaryl/α,β-unsaturated/α-hetero) is 1. The third kappa shape index (κ3) is 0.971. The van der Waals surface area contributed by atoms with E-state index in [9.17, 15) is 9.59 Å². The number of hydrogen-bond donors (Lipinski definition) is 1. The van der Waals surface area contributed by atoms with Crippen LogP contribution in [0.1, 0.15) is 20.0 Å². The molecule has 2 rings (SSSR count). The zero-order chi connectivity index (χ0) is 8.72. The first kappa shape index (κ1) is 7.82. The number of hydrogen-bond acceptors (Lipinski definition) is 4. The van der Waals surface area contributed by atoms with Crippen LogP contribution in [0.15, 0.2) is 10.3 Å². The standard InChI is InChI=1S/C7H4O3S2/c8-4-2-12-5-3(4)1-11-6(5)7(9)10/h1H,2H2,(H,9,10). The first-order chi connectivity index (χ1) is 5.70. The van der Waals surface area contributed by atoms with Crippen LogP contribution in [0, 0.1) is 0 Å². The first-order valence-electron chi connectivity index (χ1n) is 3.21. The second kappa shape index (κ2) is 2.60. The van der Waals surface area contributed by atoms with Crippen molar-refractivity contribution >= 4 is 34.9 Å². The lowest BCUT2D eigenvalue weighted by Crippen LogP contribution is -1.93. The van der Waals surface area contributed by atoms with Gasteiger partial charge < -0.3 is 5.11 Å². The summed E-state index contributed by atoms with van der Waals surface area (Å²) in [6.45, 7) is 0. The van der Waals surface area contributed by atoms with Crippen LogP contribution >= 0.6 is 23.1 Å². The summed E-state index contributed by atoms with van der Waals surface area (Å²) in [6.07, 6.45) is 0. The Morgan fingerprint density at radius 3 is 3.00 bits per heavy atom. The molecular weight excluding hydrogens is 196 g/mol. The predicted octanol–water partition coefficient (Wildman–Crippen LogP) is 1.73. The molecular formula is C7H4O3S2. The number of thioether (sulfide) groups is 1. The number of carbonyl (C=O) groups excluding carboxylic acids is 1. The average Bonchev–Trinajstić information content (AvgIpc) is 2.53. The maximum absolute atomic E-state index is 11.1. The zero-order valence-corrected chi connectivity index (χ0v) is 7.50. The normalized spacial score (nSPS) is 14.8. The number of thiophene rings is 1. The maximum atomic E-state index is 11.1. The summed E-state index contributed by atoms with van der Waals surface area (Å²) in [7, 11) is 0. The van der Waals surface area contributed by atoms with Crippen molar-refractivity contribution in [2.24, 2.45) is 0 Å². The highest BCUT2D eigenvalue weighted by Gasteiger charge is 2.27. The van der Waals surface area contributed by atoms with E-state index in [2.05, 4.69) is 0 Å². The lowest BCUT2D eigenvalue weighted by Gasteiger charge is -1.89. The minimum atomic E-state index is -0.941. The van der Waals surface area contributed by atoms with Gasteiger partial charge in [-0.15, -0.1) is 23.1 Å². The SMILES string of the molecule is O=C1CSc2c1csc2C(=O)O. The number of carboxylic acid groups (broad SMARTS) is 1. The van der Waals surface area contributed by atoms with E-state index in [0.29, 0.717) is 21.1 Å². The summed E-state index contributed by atoms with van der Waals surface area (Å²) in [4.78, 5) is 22.7. The highest BCUT2D eigenvalue weighted by Crippen LogP contribution is 2.38. The van der Waals surface area contributed by atoms with Gasteiger partial charge in [-0.3, -0.25) is 4.79 Å². The third-order valence-corrected chi connectivity index (χ3v) is 3.80. The molecule has 0 saturated heterocycles. The van der Waals surface area contributed by atoms with Gasteiger partial charge in [0.15, 0.2) is 5.78 Å². The summed E-state index contributed by atoms with van der Waals surface area (Å²) in [5.74, 6) is -0.513. The van der Waals surface area contributed by atoms with E-state index in [1.807, 2.05) is 0 Å². The average molecular weight is 200 g/mol. The van der Waals surface area contributed by atoms with Gasteiger partial charge in [0, 0.05) is 15.8 Å². The number of fused-ring (bicyclic) bond motifs is 1. The summed E-state index contributed by atoms with van der Waals surface area (Å²) in [5, 5.41) is 10.3. The van der Waals surface area contributed by atoms with E-state index < -0.39 is 5.97 Å². The minimum absolute atomic E-state index is 0.0405. The second-order valence-electron chi connectivity index (χ2n) is 2.32. The quantitative estimate of drug-likeness (QED) is 0.750. The fourth-order valence-electron chi connectivity index (χ4n) is 1.05. The van der Waals surface area contributed by atoms with Gasteiger partial charge in [0.25, 0.3) is 0 Å². The van der Waals surface area contributed by atoms with Crippen LogP contribution in [0.25, 0.3) is 0 Å². The van der Waals surface area contributed by atoms with Crippen LogP contribution < -0.4 is 0 Å². The minimum Gasteiger partial charge on any atom is -0.477 e. The van der Waals surface area contributed by atoms with Gasteiger partial charge >= 0.3 is 5.97 Å². The molecule has 0 spiro atoms. The Morgan fingerprint density at radius 1 is 1.58 bits per heavy atom. The highest BCUT2D eigenvalue weighted by atomic mass is 32.2. The number of rotatable bonds is 1. The number of carboxylic acids is 1. The molecule has 0 bridgehead atoms. The molecule has 1 N–H and O–H groups in total. The molecule has 12 heavy (non-hydrogen) atoms. The summed E-state index contributed by atoms with van der Waals surface area (Å²) < 4.78 is 0. The first-order valence-corrected chi connectivity index (χ1v) is 5.07. The van der Waals surface area contributed by atoms with Crippen molar-refractivity contribution in [1.29, 1.82) is 0 Å². The van der Waals surface area contributed by atoms with E-state index in [4.69, 9.17) is 5.11 Å². The smallest absolute Gasteiger partial charge is 0.347 e. The van der Waals surface area contributed by atoms with Crippen LogP contribution in [-0.4, -0.2) is 22.6 Å². The van der Waals surface area contributed by atoms with Gasteiger partial charge in [0.2, 0.25) is 0 Å². The highest BCUT2D eigenvalue weighted by molar-refractivity contribution is 8.00. The Bertz CT molecular complexity index is 367. The molecule has 0 aromatic carbocycles. The Balaban J connectivity index is 2.56. The van der Waals surface area contributed by atoms with Crippen molar-refractivity contribution in [3.05, 3.63) is 15.8 Å². The molecule has 0 atom stereocenters. The molecule has 0 amide bonds. The molecule has 3 nitrogen and oxygen atoms in total. The van der Waals surface area contributed by atoms with Gasteiger partial charge in [-0.1, -0.05) is 0 Å². The van der Waals surface area contributed by atoms with Crippen LogP contribution in [-0.2, 0) is 0 Å². The van der Waals surface area contributed by atoms with E-state index in [-0.39, 0.29) is 5.78 Å². The molecule has 1 aromatic heterocycles. The molecule has 0 radical (unpaired) electrons. The Morgan fingerprint density at radius 2 is 2.33 bits per heavy atom. The lowest BCUT2D eigenvalue weighted by molar-refractivity contribution is 0.0699. The molecule has 1 aromatic rings. The van der Waals surface area contributed by atoms with Crippen molar-refractivity contribution in [1.82, 2.24) is 0 Å². The number of aromatic carboxylic acids is 1. The van der Waals surface area contributed by atoms with Gasteiger partial charge in [0.05, 0.1) is 5.75 Å². The Labute approximate surface area is 76.4 Å². The second-order valence-corrected chi connectivity index (χ2v) is 4.19. The molecule has 0 unspecified atom stereocenters. The predicted molar refractivity (Wildman–Crippen MR) is 46.3 cm³/mol. The van der Waals surface area contributed by atoms with E-state index in [1.54, 1.807) is 5.38 Å². The van der Waals surface area contributed by atoms with Crippen molar-refractivity contribution < 1.29 is 14.7 Å². The van der Waals surface area contributed by atoms with E-state index >= 15 is 0 Å². The fraction of sp³-hybridized carbons (Fsp3) is 0.143. The van der Waals surface area contributed by atoms with Crippen LogP contribution in [0.2, 0.25) is 0 Å². The Hall–Kier alpha value is -0.810. The monoisotopic (exact) mass is 200 g/mol. The zero-order valence-electron chi connectivity index (χ0n) is 5.86. The molecule has 62 valence electrons. The number of ketones is 1. The molecule has 0 fully saturated rings. The van der Waals surface area contributed by atoms with Crippen LogP contribution in [0.3, 0.4) is 0 Å². The largest absolute Gasteiger partial charge is 0.477 e. The molecule has 2 heterocycles. The van der Waals surface area contributed by atoms with E-state index in [1.165, 1.54) is 11.8 Å². The lowest BCUT2D eigenvalue weighted by atomic mass is 10.2. The summed E-state index contributed by atoms with van der Waals surface area (Å²) in [6, 6.07) is 0. The van der Waals surface area contributed by atoms with Crippen LogP contribution in [0.4, 0.5) is 0 Å². The molecule has 0 saturated carbocycles. The Kier molecular flexibility index (Phi) is 1.69. The van der Waals surface area contributed by atoms with Gasteiger partial charge in [-0.2, -0.15) is 0 Å². The number of carbonyl (C=O) groups is 2. The topological polar surface area (TPSA) is 54.4 Å². The van der Waals surface area contributed by atoms with Crippen molar-refractivity contribution in [3.8, 4) is 0 Å². The molecule has 1 aliphatic heterocycles. The molecule has 5 heteroatoms. The summed E-state index contributed by atoms with van der Waals surface area (Å²) >= 11 is 2.44. The fourth-order valence-corrected chi connectivity index (χ4v) is 3.22. The third-order valence-electron chi connectivity index (χ3n) is 1.59. The molecule has 0 aliphatic carbocycles. The van der Waals surface area contributed by atoms with Crippen molar-refractivity contribution in [2.75, 3.05) is 5.75 Å². The maximum Gasteiger partial charge on any atom is 0.347 e. The van der Waals surface area contributed by atoms with Gasteiger partial charge in [-0.25, -0.2) is 4.79 Å². The van der Waals surface area contributed by atoms with Crippen LogP contribution in [0.5, 0.6) is 0 Å². The van der Waals surface area contributed by atoms with Crippen molar-refractivity contribution in [3.63, 3.8) is 0 Å². The van der Waals surface area contributed by atoms with Gasteiger partial charge in [-0.05, 0) is 0 Å². The van der Waals surface area contributed by atoms with E-state index in [0.717, 1.165) is 11.3 Å².